The van der Waals surface area contributed by atoms with E-state index in [1.165, 1.54) is 20.2 Å². The van der Waals surface area contributed by atoms with Crippen LogP contribution in [0.2, 0.25) is 0 Å². The molecule has 0 radical (unpaired) electrons. The fourth-order valence-corrected chi connectivity index (χ4v) is 2.93. The lowest BCUT2D eigenvalue weighted by Gasteiger charge is -2.18. The minimum absolute atomic E-state index is 0.0158. The van der Waals surface area contributed by atoms with Crippen LogP contribution in [0.5, 0.6) is 5.75 Å². The van der Waals surface area contributed by atoms with Crippen LogP contribution in [0, 0.1) is 6.92 Å². The molecule has 0 heterocycles. The molecule has 118 valence electrons. The molecule has 0 bridgehead atoms. The Morgan fingerprint density at radius 2 is 2.00 bits per heavy atom. The second-order valence-corrected chi connectivity index (χ2v) is 7.07. The second-order valence-electron chi connectivity index (χ2n) is 5.03. The van der Waals surface area contributed by atoms with Crippen LogP contribution in [0.1, 0.15) is 19.4 Å². The first-order chi connectivity index (χ1) is 9.68. The summed E-state index contributed by atoms with van der Waals surface area (Å²) in [5, 5.41) is 2.40. The molecule has 1 N–H and O–H groups in total. The van der Waals surface area contributed by atoms with E-state index in [1.807, 2.05) is 13.8 Å². The van der Waals surface area contributed by atoms with E-state index in [4.69, 9.17) is 4.74 Å². The maximum absolute atomic E-state index is 12.4. The van der Waals surface area contributed by atoms with Gasteiger partial charge in [0.15, 0.2) is 0 Å². The summed E-state index contributed by atoms with van der Waals surface area (Å²) >= 11 is 0. The normalized spacial score (nSPS) is 11.8. The molecule has 0 aliphatic heterocycles. The Labute approximate surface area is 126 Å². The van der Waals surface area contributed by atoms with E-state index < -0.39 is 10.0 Å². The van der Waals surface area contributed by atoms with Crippen LogP contribution in [0.4, 0.5) is 0 Å². The molecule has 0 spiro atoms. The maximum atomic E-state index is 12.4. The summed E-state index contributed by atoms with van der Waals surface area (Å²) in [7, 11) is -0.858. The number of hydrogen-bond acceptors (Lipinski definition) is 4. The van der Waals surface area contributed by atoms with Crippen LogP contribution in [0.3, 0.4) is 0 Å². The number of nitrogens with one attached hydrogen (secondary N) is 1. The van der Waals surface area contributed by atoms with Gasteiger partial charge in [0.05, 0.1) is 17.5 Å². The van der Waals surface area contributed by atoms with Gasteiger partial charge in [-0.1, -0.05) is 0 Å². The smallest absolute Gasteiger partial charge is 0.243 e. The molecule has 6 nitrogen and oxygen atoms in total. The zero-order valence-electron chi connectivity index (χ0n) is 13.0. The molecule has 1 aromatic carbocycles. The van der Waals surface area contributed by atoms with Gasteiger partial charge in [0.25, 0.3) is 0 Å². The van der Waals surface area contributed by atoms with E-state index in [-0.39, 0.29) is 23.5 Å². The molecule has 0 aliphatic rings. The number of nitrogens with zero attached hydrogens (tertiary/aromatic N) is 1. The van der Waals surface area contributed by atoms with Gasteiger partial charge in [-0.05, 0) is 44.5 Å². The number of hydrogen-bond donors (Lipinski definition) is 1. The number of likely N-dealkylation sites (N-methyl/N-ethyl adjacent to an activating group) is 2. The standard InChI is InChI=1S/C14H22N2O4S/c1-10(2)20-13-7-6-12(8-11(13)3)21(18,19)16(5)9-14(17)15-4/h6-8,10H,9H2,1-5H3,(H,15,17). The number of carbonyl (C=O) groups excluding carboxylic acids is 1. The number of benzene rings is 1. The van der Waals surface area contributed by atoms with Crippen molar-refractivity contribution in [2.24, 2.45) is 0 Å². The van der Waals surface area contributed by atoms with Crippen LogP contribution < -0.4 is 10.1 Å². The highest BCUT2D eigenvalue weighted by Crippen LogP contribution is 2.24. The van der Waals surface area contributed by atoms with Crippen LogP contribution in [0.15, 0.2) is 23.1 Å². The fraction of sp³-hybridized carbons (Fsp3) is 0.500. The molecule has 21 heavy (non-hydrogen) atoms. The lowest BCUT2D eigenvalue weighted by Crippen LogP contribution is -2.36. The highest BCUT2D eigenvalue weighted by Gasteiger charge is 2.23. The SMILES string of the molecule is CNC(=O)CN(C)S(=O)(=O)c1ccc(OC(C)C)c(C)c1. The van der Waals surface area contributed by atoms with Crippen LogP contribution in [-0.4, -0.2) is 45.4 Å². The van der Waals surface area contributed by atoms with E-state index in [2.05, 4.69) is 5.32 Å². The summed E-state index contributed by atoms with van der Waals surface area (Å²) in [6, 6.07) is 4.67. The Balaban J connectivity index is 3.04. The van der Waals surface area contributed by atoms with Crippen molar-refractivity contribution in [2.45, 2.75) is 31.8 Å². The van der Waals surface area contributed by atoms with Gasteiger partial charge in [0.2, 0.25) is 15.9 Å². The van der Waals surface area contributed by atoms with Crippen molar-refractivity contribution >= 4 is 15.9 Å². The lowest BCUT2D eigenvalue weighted by atomic mass is 10.2. The summed E-state index contributed by atoms with van der Waals surface area (Å²) in [5.41, 5.74) is 0.734. The summed E-state index contributed by atoms with van der Waals surface area (Å²) in [5.74, 6) is 0.287. The topological polar surface area (TPSA) is 75.7 Å². The van der Waals surface area contributed by atoms with Gasteiger partial charge in [0.1, 0.15) is 5.75 Å². The molecule has 1 amide bonds. The summed E-state index contributed by atoms with van der Waals surface area (Å²) in [6.07, 6.45) is 0.0158. The first kappa shape index (κ1) is 17.5. The quantitative estimate of drug-likeness (QED) is 0.854. The first-order valence-electron chi connectivity index (χ1n) is 6.62. The largest absolute Gasteiger partial charge is 0.491 e. The van der Waals surface area contributed by atoms with Gasteiger partial charge in [-0.2, -0.15) is 4.31 Å². The molecular formula is C14H22N2O4S. The average molecular weight is 314 g/mol. The van der Waals surface area contributed by atoms with Crippen LogP contribution >= 0.6 is 0 Å². The van der Waals surface area contributed by atoms with Gasteiger partial charge < -0.3 is 10.1 Å². The predicted molar refractivity (Wildman–Crippen MR) is 80.8 cm³/mol. The van der Waals surface area contributed by atoms with Gasteiger partial charge in [-0.25, -0.2) is 8.42 Å². The third-order valence-corrected chi connectivity index (χ3v) is 4.66. The lowest BCUT2D eigenvalue weighted by molar-refractivity contribution is -0.120. The Bertz CT molecular complexity index is 611. The first-order valence-corrected chi connectivity index (χ1v) is 8.06. The summed E-state index contributed by atoms with van der Waals surface area (Å²) in [4.78, 5) is 11.4. The molecule has 0 fully saturated rings. The molecular weight excluding hydrogens is 292 g/mol. The van der Waals surface area contributed by atoms with Crippen molar-refractivity contribution in [3.05, 3.63) is 23.8 Å². The molecule has 0 atom stereocenters. The highest BCUT2D eigenvalue weighted by molar-refractivity contribution is 7.89. The van der Waals surface area contributed by atoms with E-state index in [1.54, 1.807) is 19.1 Å². The summed E-state index contributed by atoms with van der Waals surface area (Å²) < 4.78 is 31.3. The average Bonchev–Trinajstić information content (AvgIpc) is 2.40. The molecule has 7 heteroatoms. The van der Waals surface area contributed by atoms with Crippen molar-refractivity contribution < 1.29 is 17.9 Å². The zero-order valence-corrected chi connectivity index (χ0v) is 13.8. The number of aryl methyl sites for hydroxylation is 1. The van der Waals surface area contributed by atoms with Gasteiger partial charge >= 0.3 is 0 Å². The van der Waals surface area contributed by atoms with Crippen LogP contribution in [0.25, 0.3) is 0 Å². The highest BCUT2D eigenvalue weighted by atomic mass is 32.2. The van der Waals surface area contributed by atoms with Gasteiger partial charge in [-0.15, -0.1) is 0 Å². The van der Waals surface area contributed by atoms with Gasteiger partial charge in [0, 0.05) is 14.1 Å². The van der Waals surface area contributed by atoms with Crippen molar-refractivity contribution in [1.29, 1.82) is 0 Å². The number of amides is 1. The van der Waals surface area contributed by atoms with E-state index in [0.717, 1.165) is 9.87 Å². The van der Waals surface area contributed by atoms with Crippen molar-refractivity contribution in [2.75, 3.05) is 20.6 Å². The number of ether oxygens (including phenoxy) is 1. The predicted octanol–water partition coefficient (Wildman–Crippen LogP) is 1.15. The second kappa shape index (κ2) is 6.91. The maximum Gasteiger partial charge on any atom is 0.243 e. The number of rotatable bonds is 6. The molecule has 0 aliphatic carbocycles. The van der Waals surface area contributed by atoms with Crippen molar-refractivity contribution in [3.63, 3.8) is 0 Å². The molecule has 0 saturated carbocycles. The molecule has 1 rings (SSSR count). The minimum Gasteiger partial charge on any atom is -0.491 e. The Morgan fingerprint density at radius 3 is 2.48 bits per heavy atom. The van der Waals surface area contributed by atoms with E-state index >= 15 is 0 Å². The van der Waals surface area contributed by atoms with Gasteiger partial charge in [-0.3, -0.25) is 4.79 Å². The van der Waals surface area contributed by atoms with Crippen LogP contribution in [-0.2, 0) is 14.8 Å². The van der Waals surface area contributed by atoms with Crippen molar-refractivity contribution in [1.82, 2.24) is 9.62 Å². The van der Waals surface area contributed by atoms with Crippen molar-refractivity contribution in [3.8, 4) is 5.75 Å². The Morgan fingerprint density at radius 1 is 1.38 bits per heavy atom. The molecule has 1 aromatic rings. The fourth-order valence-electron chi connectivity index (χ4n) is 1.71. The Kier molecular flexibility index (Phi) is 5.74. The van der Waals surface area contributed by atoms with E-state index in [9.17, 15) is 13.2 Å². The monoisotopic (exact) mass is 314 g/mol. The Hall–Kier alpha value is -1.60. The minimum atomic E-state index is -3.69. The number of sulfonamides is 1. The number of carbonyl (C=O) groups is 1. The molecule has 0 aromatic heterocycles. The molecule has 0 unspecified atom stereocenters. The third kappa shape index (κ3) is 4.44. The molecule has 0 saturated heterocycles. The third-order valence-electron chi connectivity index (χ3n) is 2.86. The zero-order chi connectivity index (χ0) is 16.2. The summed E-state index contributed by atoms with van der Waals surface area (Å²) in [6.45, 7) is 5.38. The van der Waals surface area contributed by atoms with E-state index in [0.29, 0.717) is 5.75 Å².